The zero-order valence-corrected chi connectivity index (χ0v) is 14.7. The Kier molecular flexibility index (Phi) is 3.35. The van der Waals surface area contributed by atoms with Gasteiger partial charge in [-0.1, -0.05) is 61.4 Å². The van der Waals surface area contributed by atoms with E-state index in [0.29, 0.717) is 5.41 Å². The van der Waals surface area contributed by atoms with Gasteiger partial charge in [0.05, 0.1) is 0 Å². The van der Waals surface area contributed by atoms with Gasteiger partial charge in [-0.3, -0.25) is 0 Å². The van der Waals surface area contributed by atoms with Gasteiger partial charge in [0.2, 0.25) is 0 Å². The van der Waals surface area contributed by atoms with Gasteiger partial charge >= 0.3 is 0 Å². The predicted molar refractivity (Wildman–Crippen MR) is 100 cm³/mol. The smallest absolute Gasteiger partial charge is 0.0169 e. The Labute approximate surface area is 145 Å². The van der Waals surface area contributed by atoms with Gasteiger partial charge in [0.1, 0.15) is 0 Å². The van der Waals surface area contributed by atoms with Gasteiger partial charge in [-0.2, -0.15) is 0 Å². The van der Waals surface area contributed by atoms with Crippen LogP contribution in [0.2, 0.25) is 0 Å². The fraction of sp³-hybridized carbons (Fsp3) is 0.478. The summed E-state index contributed by atoms with van der Waals surface area (Å²) in [5, 5.41) is 0. The van der Waals surface area contributed by atoms with Gasteiger partial charge in [0, 0.05) is 11.5 Å². The molecule has 1 heteroatoms. The van der Waals surface area contributed by atoms with Crippen molar-refractivity contribution < 1.29 is 0 Å². The maximum atomic E-state index is 2.66. The first-order chi connectivity index (χ1) is 11.8. The molecule has 1 saturated heterocycles. The molecule has 1 saturated carbocycles. The number of benzene rings is 2. The number of hydrogen-bond donors (Lipinski definition) is 0. The highest BCUT2D eigenvalue weighted by Crippen LogP contribution is 2.55. The summed E-state index contributed by atoms with van der Waals surface area (Å²) in [6, 6.07) is 19.0. The Morgan fingerprint density at radius 1 is 0.958 bits per heavy atom. The first-order valence-electron chi connectivity index (χ1n) is 9.67. The van der Waals surface area contributed by atoms with Crippen molar-refractivity contribution in [3.05, 3.63) is 59.7 Å². The lowest BCUT2D eigenvalue weighted by atomic mass is 9.52. The van der Waals surface area contributed by atoms with Gasteiger partial charge in [0.25, 0.3) is 0 Å². The van der Waals surface area contributed by atoms with Crippen molar-refractivity contribution in [1.82, 2.24) is 4.90 Å². The summed E-state index contributed by atoms with van der Waals surface area (Å²) in [4.78, 5) is 2.66. The van der Waals surface area contributed by atoms with Gasteiger partial charge in [-0.15, -0.1) is 0 Å². The molecule has 1 heterocycles. The van der Waals surface area contributed by atoms with Crippen LogP contribution in [0.3, 0.4) is 0 Å². The van der Waals surface area contributed by atoms with Crippen molar-refractivity contribution in [3.8, 4) is 11.1 Å². The van der Waals surface area contributed by atoms with Crippen molar-refractivity contribution >= 4 is 0 Å². The first kappa shape index (κ1) is 14.7. The van der Waals surface area contributed by atoms with Crippen molar-refractivity contribution in [2.75, 3.05) is 13.6 Å². The molecule has 1 unspecified atom stereocenters. The highest BCUT2D eigenvalue weighted by atomic mass is 15.1. The lowest BCUT2D eigenvalue weighted by Crippen LogP contribution is -2.59. The SMILES string of the molecule is CN1CCC23CCCC[C@@H]2[C@H]1Cc1ccc(-c2ccccc2)cc13. The number of nitrogens with zero attached hydrogens (tertiary/aromatic N) is 1. The molecular formula is C23H27N. The van der Waals surface area contributed by atoms with Crippen LogP contribution in [0.4, 0.5) is 0 Å². The molecule has 1 nitrogen and oxygen atoms in total. The number of hydrogen-bond acceptors (Lipinski definition) is 1. The molecule has 2 bridgehead atoms. The lowest BCUT2D eigenvalue weighted by molar-refractivity contribution is 0.00290. The average molecular weight is 317 g/mol. The van der Waals surface area contributed by atoms with E-state index in [1.54, 1.807) is 11.1 Å². The monoisotopic (exact) mass is 317 g/mol. The Morgan fingerprint density at radius 2 is 1.83 bits per heavy atom. The second kappa shape index (κ2) is 5.46. The molecule has 2 aliphatic carbocycles. The maximum absolute atomic E-state index is 2.66. The van der Waals surface area contributed by atoms with Gasteiger partial charge in [0.15, 0.2) is 0 Å². The lowest BCUT2D eigenvalue weighted by Gasteiger charge is -2.58. The molecule has 0 amide bonds. The third-order valence-electron chi connectivity index (χ3n) is 7.22. The number of likely N-dealkylation sites (N-methyl/N-ethyl adjacent to an activating group) is 1. The average Bonchev–Trinajstić information content (AvgIpc) is 2.65. The molecule has 0 aromatic heterocycles. The van der Waals surface area contributed by atoms with E-state index >= 15 is 0 Å². The molecule has 5 rings (SSSR count). The predicted octanol–water partition coefficient (Wildman–Crippen LogP) is 5.04. The van der Waals surface area contributed by atoms with Crippen molar-refractivity contribution in [1.29, 1.82) is 0 Å². The van der Waals surface area contributed by atoms with Crippen LogP contribution >= 0.6 is 0 Å². The fourth-order valence-corrected chi connectivity index (χ4v) is 6.01. The third-order valence-corrected chi connectivity index (χ3v) is 7.22. The summed E-state index contributed by atoms with van der Waals surface area (Å²) in [6.45, 7) is 1.27. The van der Waals surface area contributed by atoms with E-state index in [-0.39, 0.29) is 0 Å². The summed E-state index contributed by atoms with van der Waals surface area (Å²) in [5.41, 5.74) is 6.57. The van der Waals surface area contributed by atoms with Crippen LogP contribution in [0, 0.1) is 5.92 Å². The summed E-state index contributed by atoms with van der Waals surface area (Å²) in [7, 11) is 2.35. The van der Waals surface area contributed by atoms with Crippen molar-refractivity contribution in [2.24, 2.45) is 5.92 Å². The second-order valence-electron chi connectivity index (χ2n) is 8.25. The Bertz CT molecular complexity index is 750. The third kappa shape index (κ3) is 2.04. The minimum absolute atomic E-state index is 0.466. The van der Waals surface area contributed by atoms with Crippen molar-refractivity contribution in [3.63, 3.8) is 0 Å². The van der Waals surface area contributed by atoms with Gasteiger partial charge < -0.3 is 4.90 Å². The zero-order valence-electron chi connectivity index (χ0n) is 14.7. The van der Waals surface area contributed by atoms with Gasteiger partial charge in [-0.05, 0) is 67.4 Å². The van der Waals surface area contributed by atoms with Crippen LogP contribution in [-0.2, 0) is 11.8 Å². The number of likely N-dealkylation sites (tertiary alicyclic amines) is 1. The quantitative estimate of drug-likeness (QED) is 0.712. The number of piperidine rings is 1. The highest BCUT2D eigenvalue weighted by Gasteiger charge is 2.52. The molecule has 124 valence electrons. The maximum Gasteiger partial charge on any atom is 0.0169 e. The normalized spacial score (nSPS) is 32.0. The summed E-state index contributed by atoms with van der Waals surface area (Å²) in [6.07, 6.45) is 8.31. The Morgan fingerprint density at radius 3 is 2.71 bits per heavy atom. The molecule has 0 spiro atoms. The standard InChI is InChI=1S/C23H27N/c1-24-14-13-23-12-6-5-9-20(23)22(24)16-19-11-10-18(15-21(19)23)17-7-3-2-4-8-17/h2-4,7-8,10-11,15,20,22H,5-6,9,12-14,16H2,1H3/t20-,22-,23?/m1/s1. The van der Waals surface area contributed by atoms with Crippen molar-refractivity contribution in [2.45, 2.75) is 50.0 Å². The topological polar surface area (TPSA) is 3.24 Å². The molecule has 0 radical (unpaired) electrons. The molecule has 2 aromatic carbocycles. The van der Waals surface area contributed by atoms with Crippen LogP contribution in [0.25, 0.3) is 11.1 Å². The fourth-order valence-electron chi connectivity index (χ4n) is 6.01. The minimum atomic E-state index is 0.466. The summed E-state index contributed by atoms with van der Waals surface area (Å²) in [5.74, 6) is 0.878. The van der Waals surface area contributed by atoms with E-state index in [9.17, 15) is 0 Å². The largest absolute Gasteiger partial charge is 0.303 e. The van der Waals surface area contributed by atoms with Crippen LogP contribution in [-0.4, -0.2) is 24.5 Å². The number of fused-ring (bicyclic) bond motifs is 1. The second-order valence-corrected chi connectivity index (χ2v) is 8.25. The van der Waals surface area contributed by atoms with Crippen LogP contribution in [0.1, 0.15) is 43.2 Å². The van der Waals surface area contributed by atoms with E-state index in [0.717, 1.165) is 12.0 Å². The van der Waals surface area contributed by atoms with E-state index < -0.39 is 0 Å². The highest BCUT2D eigenvalue weighted by molar-refractivity contribution is 5.66. The van der Waals surface area contributed by atoms with Gasteiger partial charge in [-0.25, -0.2) is 0 Å². The molecule has 2 fully saturated rings. The van der Waals surface area contributed by atoms with E-state index in [4.69, 9.17) is 0 Å². The first-order valence-corrected chi connectivity index (χ1v) is 9.67. The zero-order chi connectivity index (χ0) is 16.1. The summed E-state index contributed by atoms with van der Waals surface area (Å²) >= 11 is 0. The minimum Gasteiger partial charge on any atom is -0.303 e. The van der Waals surface area contributed by atoms with Crippen LogP contribution in [0.15, 0.2) is 48.5 Å². The van der Waals surface area contributed by atoms with E-state index in [1.807, 2.05) is 0 Å². The van der Waals surface area contributed by atoms with E-state index in [1.165, 1.54) is 56.2 Å². The number of rotatable bonds is 1. The summed E-state index contributed by atoms with van der Waals surface area (Å²) < 4.78 is 0. The molecule has 3 atom stereocenters. The molecule has 0 N–H and O–H groups in total. The molecule has 3 aliphatic rings. The molecule has 24 heavy (non-hydrogen) atoms. The van der Waals surface area contributed by atoms with Crippen LogP contribution in [0.5, 0.6) is 0 Å². The Hall–Kier alpha value is -1.60. The molecular weight excluding hydrogens is 290 g/mol. The molecule has 1 aliphatic heterocycles. The Balaban J connectivity index is 1.66. The van der Waals surface area contributed by atoms with Crippen LogP contribution < -0.4 is 0 Å². The van der Waals surface area contributed by atoms with E-state index in [2.05, 4.69) is 60.5 Å². The molecule has 2 aromatic rings.